The molecule has 1 N–H and O–H groups in total. The van der Waals surface area contributed by atoms with Crippen LogP contribution in [0.15, 0.2) is 54.6 Å². The first-order chi connectivity index (χ1) is 14.4. The Balaban J connectivity index is 2.05. The van der Waals surface area contributed by atoms with Crippen molar-refractivity contribution in [2.45, 2.75) is 31.7 Å². The van der Waals surface area contributed by atoms with Crippen LogP contribution in [0.2, 0.25) is 0 Å². The van der Waals surface area contributed by atoms with Crippen molar-refractivity contribution in [3.05, 3.63) is 65.7 Å². The van der Waals surface area contributed by atoms with Crippen molar-refractivity contribution in [1.29, 1.82) is 0 Å². The van der Waals surface area contributed by atoms with Gasteiger partial charge in [0.1, 0.15) is 0 Å². The Morgan fingerprint density at radius 3 is 1.77 bits per heavy atom. The third-order valence-electron chi connectivity index (χ3n) is 4.64. The van der Waals surface area contributed by atoms with Gasteiger partial charge in [0.25, 0.3) is 0 Å². The monoisotopic (exact) mass is 442 g/mol. The fraction of sp³-hybridized carbons (Fsp3) is 0.238. The lowest BCUT2D eigenvalue weighted by molar-refractivity contribution is -0.138. The molecule has 0 radical (unpaired) electrons. The third kappa shape index (κ3) is 5.07. The van der Waals surface area contributed by atoms with Gasteiger partial charge in [-0.15, -0.1) is 0 Å². The van der Waals surface area contributed by atoms with Crippen LogP contribution < -0.4 is 0 Å². The standard InChI is InChI=1S/C21H16F6N2O2/c1-12(10-19(30)31)29-18(14-4-8-16(9-5-14)21(25,26)27)11-17(28-29)13-2-6-15(7-3-13)20(22,23)24/h2-9,11-12H,10H2,1H3,(H,30,31). The first-order valence-corrected chi connectivity index (χ1v) is 9.03. The Bertz CT molecular complexity index is 1070. The van der Waals surface area contributed by atoms with Gasteiger partial charge in [0.05, 0.1) is 35.0 Å². The van der Waals surface area contributed by atoms with E-state index in [0.717, 1.165) is 24.3 Å². The number of carboxylic acids is 1. The molecule has 3 aromatic rings. The zero-order chi connectivity index (χ0) is 23.0. The summed E-state index contributed by atoms with van der Waals surface area (Å²) in [5, 5.41) is 13.4. The topological polar surface area (TPSA) is 55.1 Å². The minimum absolute atomic E-state index is 0.265. The fourth-order valence-corrected chi connectivity index (χ4v) is 3.09. The molecule has 0 fully saturated rings. The van der Waals surface area contributed by atoms with Gasteiger partial charge in [-0.1, -0.05) is 24.3 Å². The predicted molar refractivity (Wildman–Crippen MR) is 100 cm³/mol. The normalized spacial score (nSPS) is 13.3. The molecule has 0 aliphatic carbocycles. The van der Waals surface area contributed by atoms with Gasteiger partial charge >= 0.3 is 18.3 Å². The van der Waals surface area contributed by atoms with E-state index >= 15 is 0 Å². The van der Waals surface area contributed by atoms with Crippen LogP contribution in [-0.4, -0.2) is 20.9 Å². The van der Waals surface area contributed by atoms with Crippen molar-refractivity contribution in [1.82, 2.24) is 9.78 Å². The van der Waals surface area contributed by atoms with Crippen LogP contribution in [-0.2, 0) is 17.1 Å². The molecule has 1 heterocycles. The molecule has 0 aliphatic heterocycles. The predicted octanol–water partition coefficient (Wildman–Crippen LogP) is 6.29. The average molecular weight is 442 g/mol. The van der Waals surface area contributed by atoms with Gasteiger partial charge in [-0.05, 0) is 42.8 Å². The van der Waals surface area contributed by atoms with Gasteiger partial charge in [0, 0.05) is 5.56 Å². The van der Waals surface area contributed by atoms with Crippen molar-refractivity contribution >= 4 is 5.97 Å². The van der Waals surface area contributed by atoms with Gasteiger partial charge < -0.3 is 5.11 Å². The number of hydrogen-bond donors (Lipinski definition) is 1. The second kappa shape index (κ2) is 8.09. The summed E-state index contributed by atoms with van der Waals surface area (Å²) in [6, 6.07) is 9.36. The fourth-order valence-electron chi connectivity index (χ4n) is 3.09. The van der Waals surface area contributed by atoms with Gasteiger partial charge in [-0.3, -0.25) is 9.48 Å². The molecule has 164 valence electrons. The van der Waals surface area contributed by atoms with Crippen LogP contribution in [0.5, 0.6) is 0 Å². The maximum absolute atomic E-state index is 12.9. The van der Waals surface area contributed by atoms with Gasteiger partial charge in [-0.25, -0.2) is 0 Å². The molecular formula is C21H16F6N2O2. The second-order valence-corrected chi connectivity index (χ2v) is 6.96. The molecule has 1 aromatic heterocycles. The van der Waals surface area contributed by atoms with Crippen molar-refractivity contribution in [3.8, 4) is 22.5 Å². The van der Waals surface area contributed by atoms with E-state index in [9.17, 15) is 31.1 Å². The van der Waals surface area contributed by atoms with Crippen molar-refractivity contribution in [3.63, 3.8) is 0 Å². The summed E-state index contributed by atoms with van der Waals surface area (Å²) >= 11 is 0. The number of nitrogens with zero attached hydrogens (tertiary/aromatic N) is 2. The van der Waals surface area contributed by atoms with E-state index in [1.807, 2.05) is 0 Å². The maximum Gasteiger partial charge on any atom is 0.416 e. The molecule has 4 nitrogen and oxygen atoms in total. The Morgan fingerprint density at radius 2 is 1.35 bits per heavy atom. The molecule has 3 rings (SSSR count). The molecule has 0 saturated heterocycles. The summed E-state index contributed by atoms with van der Waals surface area (Å²) in [5.74, 6) is -1.10. The zero-order valence-electron chi connectivity index (χ0n) is 16.0. The number of halogens is 6. The minimum Gasteiger partial charge on any atom is -0.481 e. The number of alkyl halides is 6. The van der Waals surface area contributed by atoms with Gasteiger partial charge in [0.2, 0.25) is 0 Å². The van der Waals surface area contributed by atoms with Gasteiger partial charge in [-0.2, -0.15) is 31.4 Å². The Labute approximate surface area is 172 Å². The molecule has 1 atom stereocenters. The molecule has 0 spiro atoms. The third-order valence-corrected chi connectivity index (χ3v) is 4.64. The van der Waals surface area contributed by atoms with Gasteiger partial charge in [0.15, 0.2) is 0 Å². The molecule has 10 heteroatoms. The summed E-state index contributed by atoms with van der Waals surface area (Å²) in [6.45, 7) is 1.57. The summed E-state index contributed by atoms with van der Waals surface area (Å²) in [4.78, 5) is 11.1. The van der Waals surface area contributed by atoms with E-state index in [1.165, 1.54) is 35.0 Å². The first kappa shape index (κ1) is 22.4. The number of benzene rings is 2. The molecule has 31 heavy (non-hydrogen) atoms. The lowest BCUT2D eigenvalue weighted by Crippen LogP contribution is -2.13. The number of hydrogen-bond acceptors (Lipinski definition) is 2. The molecule has 0 bridgehead atoms. The highest BCUT2D eigenvalue weighted by Crippen LogP contribution is 2.35. The molecule has 1 unspecified atom stereocenters. The average Bonchev–Trinajstić information content (AvgIpc) is 3.12. The van der Waals surface area contributed by atoms with Crippen molar-refractivity contribution in [2.24, 2.45) is 0 Å². The Kier molecular flexibility index (Phi) is 5.84. The lowest BCUT2D eigenvalue weighted by Gasteiger charge is -2.14. The van der Waals surface area contributed by atoms with Crippen molar-refractivity contribution in [2.75, 3.05) is 0 Å². The SMILES string of the molecule is CC(CC(=O)O)n1nc(-c2ccc(C(F)(F)F)cc2)cc1-c1ccc(C(F)(F)F)cc1. The Morgan fingerprint density at radius 1 is 0.903 bits per heavy atom. The van der Waals surface area contributed by atoms with E-state index in [2.05, 4.69) is 5.10 Å². The summed E-state index contributed by atoms with van der Waals surface area (Å²) < 4.78 is 78.3. The zero-order valence-corrected chi connectivity index (χ0v) is 16.0. The Hall–Kier alpha value is -3.30. The van der Waals surface area contributed by atoms with Crippen molar-refractivity contribution < 1.29 is 36.2 Å². The summed E-state index contributed by atoms with van der Waals surface area (Å²) in [5.41, 5.74) is -0.363. The molecule has 0 amide bonds. The minimum atomic E-state index is -4.51. The number of aliphatic carboxylic acids is 1. The van der Waals surface area contributed by atoms with E-state index in [0.29, 0.717) is 16.8 Å². The smallest absolute Gasteiger partial charge is 0.416 e. The highest BCUT2D eigenvalue weighted by atomic mass is 19.4. The number of carbonyl (C=O) groups is 1. The molecular weight excluding hydrogens is 426 g/mol. The molecule has 0 aliphatic rings. The number of carboxylic acid groups (broad SMARTS) is 1. The highest BCUT2D eigenvalue weighted by Gasteiger charge is 2.31. The van der Waals surface area contributed by atoms with E-state index in [1.54, 1.807) is 6.92 Å². The number of rotatable bonds is 5. The largest absolute Gasteiger partial charge is 0.481 e. The summed E-state index contributed by atoms with van der Waals surface area (Å²) in [6.07, 6.45) is -9.32. The van der Waals surface area contributed by atoms with E-state index in [-0.39, 0.29) is 12.1 Å². The maximum atomic E-state index is 12.9. The van der Waals surface area contributed by atoms with E-state index < -0.39 is 35.5 Å². The first-order valence-electron chi connectivity index (χ1n) is 9.03. The second-order valence-electron chi connectivity index (χ2n) is 6.96. The molecule has 2 aromatic carbocycles. The molecule has 0 saturated carbocycles. The lowest BCUT2D eigenvalue weighted by atomic mass is 10.1. The van der Waals surface area contributed by atoms with E-state index in [4.69, 9.17) is 5.11 Å². The van der Waals surface area contributed by atoms with Crippen LogP contribution in [0.1, 0.15) is 30.5 Å². The van der Waals surface area contributed by atoms with Crippen LogP contribution in [0.4, 0.5) is 26.3 Å². The number of aromatic nitrogens is 2. The summed E-state index contributed by atoms with van der Waals surface area (Å²) in [7, 11) is 0. The van der Waals surface area contributed by atoms with Crippen LogP contribution in [0.3, 0.4) is 0 Å². The van der Waals surface area contributed by atoms with Crippen LogP contribution in [0, 0.1) is 0 Å². The van der Waals surface area contributed by atoms with Crippen LogP contribution in [0.25, 0.3) is 22.5 Å². The quantitative estimate of drug-likeness (QED) is 0.473. The highest BCUT2D eigenvalue weighted by molar-refractivity contribution is 5.70. The van der Waals surface area contributed by atoms with Crippen LogP contribution >= 0.6 is 0 Å².